The maximum absolute atomic E-state index is 2.47. The van der Waals surface area contributed by atoms with E-state index >= 15 is 0 Å². The fraction of sp³-hybridized carbons (Fsp3) is 0. The molecule has 0 unspecified atom stereocenters. The van der Waals surface area contributed by atoms with E-state index in [-0.39, 0.29) is 0 Å². The number of hydrogen-bond donors (Lipinski definition) is 0. The molecule has 3 heteroatoms. The molecule has 0 fully saturated rings. The van der Waals surface area contributed by atoms with Gasteiger partial charge in [0.1, 0.15) is 0 Å². The first-order valence-electron chi connectivity index (χ1n) is 16.0. The average molecular weight is 617 g/mol. The van der Waals surface area contributed by atoms with Gasteiger partial charge in [0.15, 0.2) is 0 Å². The molecule has 0 aliphatic heterocycles. The molecule has 0 bridgehead atoms. The van der Waals surface area contributed by atoms with Crippen LogP contribution in [0.5, 0.6) is 0 Å². The van der Waals surface area contributed by atoms with Crippen LogP contribution in [0.3, 0.4) is 0 Å². The molecule has 10 aromatic rings. The van der Waals surface area contributed by atoms with Crippen molar-refractivity contribution in [3.63, 3.8) is 0 Å². The molecule has 0 spiro atoms. The Morgan fingerprint density at radius 2 is 1.11 bits per heavy atom. The van der Waals surface area contributed by atoms with Crippen LogP contribution in [-0.4, -0.2) is 4.57 Å². The SMILES string of the molecule is c1ccc(-n2c3ccccc3c3c(N(c4ccc5c(ccc6sc7ccccc7c65)c4)c4cccc5ccccc45)cccc32)cc1. The highest BCUT2D eigenvalue weighted by atomic mass is 32.1. The lowest BCUT2D eigenvalue weighted by Gasteiger charge is -2.28. The van der Waals surface area contributed by atoms with Crippen LogP contribution in [0.2, 0.25) is 0 Å². The van der Waals surface area contributed by atoms with Crippen LogP contribution >= 0.6 is 11.3 Å². The second-order valence-corrected chi connectivity index (χ2v) is 13.2. The van der Waals surface area contributed by atoms with Crippen LogP contribution < -0.4 is 4.90 Å². The first-order chi connectivity index (χ1) is 23.3. The summed E-state index contributed by atoms with van der Waals surface area (Å²) in [5.41, 5.74) is 7.00. The zero-order chi connectivity index (χ0) is 30.9. The number of aromatic nitrogens is 1. The summed E-state index contributed by atoms with van der Waals surface area (Å²) in [5.74, 6) is 0. The van der Waals surface area contributed by atoms with Crippen molar-refractivity contribution in [2.24, 2.45) is 0 Å². The van der Waals surface area contributed by atoms with E-state index < -0.39 is 0 Å². The molecule has 0 aliphatic rings. The molecule has 0 amide bonds. The van der Waals surface area contributed by atoms with Crippen molar-refractivity contribution in [3.8, 4) is 5.69 Å². The second kappa shape index (κ2) is 10.3. The Morgan fingerprint density at radius 3 is 2.02 bits per heavy atom. The summed E-state index contributed by atoms with van der Waals surface area (Å²) < 4.78 is 5.06. The minimum Gasteiger partial charge on any atom is -0.309 e. The highest BCUT2D eigenvalue weighted by molar-refractivity contribution is 7.26. The van der Waals surface area contributed by atoms with E-state index in [1.807, 2.05) is 11.3 Å². The first-order valence-corrected chi connectivity index (χ1v) is 16.8. The van der Waals surface area contributed by atoms with Gasteiger partial charge in [-0.15, -0.1) is 11.3 Å². The third-order valence-electron chi connectivity index (χ3n) is 9.54. The predicted octanol–water partition coefficient (Wildman–Crippen LogP) is 12.9. The molecule has 2 heterocycles. The molecule has 0 saturated heterocycles. The van der Waals surface area contributed by atoms with Crippen LogP contribution in [0.4, 0.5) is 17.1 Å². The molecule has 47 heavy (non-hydrogen) atoms. The summed E-state index contributed by atoms with van der Waals surface area (Å²) in [4.78, 5) is 2.47. The number of hydrogen-bond acceptors (Lipinski definition) is 2. The Labute approximate surface area is 276 Å². The molecule has 0 radical (unpaired) electrons. The van der Waals surface area contributed by atoms with Gasteiger partial charge in [-0.1, -0.05) is 109 Å². The quantitative estimate of drug-likeness (QED) is 0.191. The molecule has 2 aromatic heterocycles. The molecule has 8 aromatic carbocycles. The van der Waals surface area contributed by atoms with Gasteiger partial charge < -0.3 is 9.47 Å². The monoisotopic (exact) mass is 616 g/mol. The van der Waals surface area contributed by atoms with Crippen molar-refractivity contribution in [1.29, 1.82) is 0 Å². The van der Waals surface area contributed by atoms with E-state index in [2.05, 4.69) is 179 Å². The van der Waals surface area contributed by atoms with Gasteiger partial charge in [-0.3, -0.25) is 0 Å². The summed E-state index contributed by atoms with van der Waals surface area (Å²) in [6.45, 7) is 0. The number of anilines is 3. The van der Waals surface area contributed by atoms with E-state index in [0.717, 1.165) is 22.7 Å². The fourth-order valence-corrected chi connectivity index (χ4v) is 8.65. The Morgan fingerprint density at radius 1 is 0.404 bits per heavy atom. The van der Waals surface area contributed by atoms with Crippen LogP contribution in [-0.2, 0) is 0 Å². The maximum atomic E-state index is 2.47. The molecule has 2 nitrogen and oxygen atoms in total. The van der Waals surface area contributed by atoms with Crippen molar-refractivity contribution in [2.75, 3.05) is 4.90 Å². The van der Waals surface area contributed by atoms with Crippen molar-refractivity contribution in [1.82, 2.24) is 4.57 Å². The van der Waals surface area contributed by atoms with Crippen LogP contribution in [0, 0.1) is 0 Å². The fourth-order valence-electron chi connectivity index (χ4n) is 7.53. The molecule has 220 valence electrons. The molecule has 0 N–H and O–H groups in total. The number of thiophene rings is 1. The van der Waals surface area contributed by atoms with Crippen LogP contribution in [0.15, 0.2) is 170 Å². The van der Waals surface area contributed by atoms with Gasteiger partial charge in [0.2, 0.25) is 0 Å². The predicted molar refractivity (Wildman–Crippen MR) is 203 cm³/mol. The number of nitrogens with zero attached hydrogens (tertiary/aromatic N) is 2. The van der Waals surface area contributed by atoms with Gasteiger partial charge in [-0.05, 0) is 76.8 Å². The van der Waals surface area contributed by atoms with Gasteiger partial charge >= 0.3 is 0 Å². The first kappa shape index (κ1) is 26.3. The van der Waals surface area contributed by atoms with Crippen molar-refractivity contribution < 1.29 is 0 Å². The molecular formula is C44H28N2S. The number of para-hydroxylation sites is 2. The smallest absolute Gasteiger partial charge is 0.0562 e. The zero-order valence-electron chi connectivity index (χ0n) is 25.5. The molecule has 0 saturated carbocycles. The van der Waals surface area contributed by atoms with Gasteiger partial charge in [-0.25, -0.2) is 0 Å². The third kappa shape index (κ3) is 3.97. The lowest BCUT2D eigenvalue weighted by Crippen LogP contribution is -2.11. The largest absolute Gasteiger partial charge is 0.309 e. The van der Waals surface area contributed by atoms with E-state index in [9.17, 15) is 0 Å². The Kier molecular flexibility index (Phi) is 5.78. The Hall–Kier alpha value is -5.90. The number of rotatable bonds is 4. The minimum atomic E-state index is 1.14. The molecule has 0 atom stereocenters. The summed E-state index contributed by atoms with van der Waals surface area (Å²) in [7, 11) is 0. The Balaban J connectivity index is 1.30. The van der Waals surface area contributed by atoms with Crippen LogP contribution in [0.25, 0.3) is 69.2 Å². The number of benzene rings is 8. The normalized spacial score (nSPS) is 11.8. The minimum absolute atomic E-state index is 1.14. The molecule has 0 aliphatic carbocycles. The van der Waals surface area contributed by atoms with Crippen molar-refractivity contribution in [2.45, 2.75) is 0 Å². The molecular weight excluding hydrogens is 589 g/mol. The second-order valence-electron chi connectivity index (χ2n) is 12.1. The summed E-state index contributed by atoms with van der Waals surface area (Å²) in [6.07, 6.45) is 0. The highest BCUT2D eigenvalue weighted by Crippen LogP contribution is 2.47. The van der Waals surface area contributed by atoms with Gasteiger partial charge in [0.05, 0.1) is 22.4 Å². The standard InChI is InChI=1S/C44H28N2S/c1-2-14-31(15-3-1)45-38-19-8-6-17-35(38)44-39(45)21-11-22-40(44)46(37-20-10-13-29-12-4-5-16-33(29)37)32-25-26-34-30(28-32)24-27-42-43(34)36-18-7-9-23-41(36)47-42/h1-28H. The van der Waals surface area contributed by atoms with E-state index in [0.29, 0.717) is 0 Å². The highest BCUT2D eigenvalue weighted by Gasteiger charge is 2.22. The maximum Gasteiger partial charge on any atom is 0.0562 e. The van der Waals surface area contributed by atoms with E-state index in [4.69, 9.17) is 0 Å². The van der Waals surface area contributed by atoms with Gasteiger partial charge in [0.25, 0.3) is 0 Å². The lowest BCUT2D eigenvalue weighted by molar-refractivity contribution is 1.18. The zero-order valence-corrected chi connectivity index (χ0v) is 26.3. The van der Waals surface area contributed by atoms with Crippen molar-refractivity contribution >= 4 is 91.9 Å². The lowest BCUT2D eigenvalue weighted by atomic mass is 10.0. The average Bonchev–Trinajstić information content (AvgIpc) is 3.69. The van der Waals surface area contributed by atoms with Gasteiger partial charge in [-0.2, -0.15) is 0 Å². The summed E-state index contributed by atoms with van der Waals surface area (Å²) in [5, 5.41) is 10.1. The molecule has 10 rings (SSSR count). The number of fused-ring (bicyclic) bond motifs is 9. The summed E-state index contributed by atoms with van der Waals surface area (Å²) in [6, 6.07) is 62.0. The third-order valence-corrected chi connectivity index (χ3v) is 10.7. The van der Waals surface area contributed by atoms with Crippen LogP contribution in [0.1, 0.15) is 0 Å². The van der Waals surface area contributed by atoms with Gasteiger partial charge in [0, 0.05) is 47.7 Å². The van der Waals surface area contributed by atoms with E-state index in [1.165, 1.54) is 63.5 Å². The summed E-state index contributed by atoms with van der Waals surface area (Å²) >= 11 is 1.87. The Bertz CT molecular complexity index is 2800. The topological polar surface area (TPSA) is 8.17 Å². The van der Waals surface area contributed by atoms with Crippen molar-refractivity contribution in [3.05, 3.63) is 170 Å². The van der Waals surface area contributed by atoms with E-state index in [1.54, 1.807) is 0 Å².